The summed E-state index contributed by atoms with van der Waals surface area (Å²) in [5, 5.41) is 15.1. The van der Waals surface area contributed by atoms with Crippen molar-refractivity contribution in [1.82, 2.24) is 16.0 Å². The van der Waals surface area contributed by atoms with E-state index in [1.807, 2.05) is 5.32 Å². The normalized spacial score (nSPS) is 13.6. The zero-order valence-corrected chi connectivity index (χ0v) is 9.69. The number of carboxylic acids is 1. The van der Waals surface area contributed by atoms with Crippen molar-refractivity contribution in [2.45, 2.75) is 31.7 Å². The van der Waals surface area contributed by atoms with E-state index in [-0.39, 0.29) is 31.3 Å². The highest BCUT2D eigenvalue weighted by Crippen LogP contribution is 2.18. The molecule has 0 aromatic rings. The summed E-state index contributed by atoms with van der Waals surface area (Å²) in [5.74, 6) is -2.13. The minimum Gasteiger partial charge on any atom is -0.481 e. The quantitative estimate of drug-likeness (QED) is 0.483. The maximum absolute atomic E-state index is 11.2. The smallest absolute Gasteiger partial charge is 0.321 e. The molecule has 0 aliphatic heterocycles. The van der Waals surface area contributed by atoms with Crippen LogP contribution in [0.15, 0.2) is 0 Å². The number of carbonyl (C=O) groups is 4. The molecule has 18 heavy (non-hydrogen) atoms. The molecule has 0 saturated heterocycles. The van der Waals surface area contributed by atoms with Crippen molar-refractivity contribution in [1.29, 1.82) is 0 Å². The number of nitrogens with one attached hydrogen (secondary N) is 3. The number of hydrogen-bond donors (Lipinski definition) is 4. The van der Waals surface area contributed by atoms with Gasteiger partial charge in [-0.2, -0.15) is 0 Å². The first-order valence-electron chi connectivity index (χ1n) is 5.56. The Morgan fingerprint density at radius 3 is 2.28 bits per heavy atom. The van der Waals surface area contributed by atoms with E-state index >= 15 is 0 Å². The first-order chi connectivity index (χ1) is 8.47. The van der Waals surface area contributed by atoms with E-state index in [1.165, 1.54) is 0 Å². The van der Waals surface area contributed by atoms with Crippen LogP contribution in [-0.2, 0) is 14.4 Å². The van der Waals surface area contributed by atoms with Crippen LogP contribution in [0.5, 0.6) is 0 Å². The van der Waals surface area contributed by atoms with Crippen LogP contribution in [0.2, 0.25) is 0 Å². The summed E-state index contributed by atoms with van der Waals surface area (Å²) in [6, 6.07) is -0.601. The first kappa shape index (κ1) is 13.9. The number of rotatable bonds is 6. The molecule has 0 bridgehead atoms. The summed E-state index contributed by atoms with van der Waals surface area (Å²) in [4.78, 5) is 43.6. The molecule has 4 N–H and O–H groups in total. The van der Waals surface area contributed by atoms with Gasteiger partial charge < -0.3 is 15.7 Å². The van der Waals surface area contributed by atoms with Crippen LogP contribution < -0.4 is 16.0 Å². The topological polar surface area (TPSA) is 125 Å². The summed E-state index contributed by atoms with van der Waals surface area (Å²) in [6.07, 6.45) is 1.27. The van der Waals surface area contributed by atoms with Gasteiger partial charge in [0.25, 0.3) is 0 Å². The molecule has 8 heteroatoms. The molecule has 8 nitrogen and oxygen atoms in total. The number of imide groups is 1. The first-order valence-corrected chi connectivity index (χ1v) is 5.56. The van der Waals surface area contributed by atoms with Crippen molar-refractivity contribution in [3.8, 4) is 0 Å². The van der Waals surface area contributed by atoms with E-state index in [9.17, 15) is 19.2 Å². The number of carbonyl (C=O) groups excluding carboxylic acids is 3. The molecular weight excluding hydrogens is 242 g/mol. The lowest BCUT2D eigenvalue weighted by Crippen LogP contribution is -2.44. The van der Waals surface area contributed by atoms with Crippen molar-refractivity contribution in [3.05, 3.63) is 0 Å². The van der Waals surface area contributed by atoms with E-state index in [0.29, 0.717) is 0 Å². The fourth-order valence-corrected chi connectivity index (χ4v) is 1.12. The predicted molar refractivity (Wildman–Crippen MR) is 59.6 cm³/mol. The maximum atomic E-state index is 11.2. The van der Waals surface area contributed by atoms with Crippen molar-refractivity contribution >= 4 is 23.8 Å². The summed E-state index contributed by atoms with van der Waals surface area (Å²) in [7, 11) is 0. The van der Waals surface area contributed by atoms with Gasteiger partial charge in [-0.15, -0.1) is 0 Å². The number of carboxylic acid groups (broad SMARTS) is 1. The molecule has 0 atom stereocenters. The third-order valence-corrected chi connectivity index (χ3v) is 2.17. The molecule has 0 unspecified atom stereocenters. The van der Waals surface area contributed by atoms with Gasteiger partial charge in [0.2, 0.25) is 11.8 Å². The highest BCUT2D eigenvalue weighted by Gasteiger charge is 2.23. The van der Waals surface area contributed by atoms with Crippen LogP contribution in [0.3, 0.4) is 0 Å². The summed E-state index contributed by atoms with van der Waals surface area (Å²) in [5.41, 5.74) is 0. The second-order valence-corrected chi connectivity index (χ2v) is 3.97. The van der Waals surface area contributed by atoms with Crippen LogP contribution in [0.25, 0.3) is 0 Å². The molecule has 1 saturated carbocycles. The van der Waals surface area contributed by atoms with Crippen molar-refractivity contribution in [2.24, 2.45) is 0 Å². The fraction of sp³-hybridized carbons (Fsp3) is 0.600. The largest absolute Gasteiger partial charge is 0.481 e. The van der Waals surface area contributed by atoms with Gasteiger partial charge >= 0.3 is 12.0 Å². The third kappa shape index (κ3) is 6.46. The van der Waals surface area contributed by atoms with Gasteiger partial charge in [-0.05, 0) is 12.8 Å². The SMILES string of the molecule is O=C(O)CCC(=O)NC(=O)NCC(=O)NC1CC1. The van der Waals surface area contributed by atoms with E-state index in [4.69, 9.17) is 5.11 Å². The monoisotopic (exact) mass is 257 g/mol. The third-order valence-electron chi connectivity index (χ3n) is 2.17. The molecule has 1 aliphatic carbocycles. The van der Waals surface area contributed by atoms with E-state index in [1.54, 1.807) is 0 Å². The fourth-order valence-electron chi connectivity index (χ4n) is 1.12. The van der Waals surface area contributed by atoms with Crippen LogP contribution >= 0.6 is 0 Å². The molecule has 100 valence electrons. The molecule has 0 heterocycles. The second-order valence-electron chi connectivity index (χ2n) is 3.97. The minimum atomic E-state index is -1.12. The minimum absolute atomic E-state index is 0.208. The lowest BCUT2D eigenvalue weighted by Gasteiger charge is -2.06. The highest BCUT2D eigenvalue weighted by molar-refractivity contribution is 5.96. The van der Waals surface area contributed by atoms with Crippen molar-refractivity contribution < 1.29 is 24.3 Å². The molecular formula is C10H15N3O5. The zero-order chi connectivity index (χ0) is 13.5. The lowest BCUT2D eigenvalue weighted by atomic mass is 10.3. The Labute approximate surface area is 103 Å². The number of amides is 4. The summed E-state index contributed by atoms with van der Waals surface area (Å²) < 4.78 is 0. The van der Waals surface area contributed by atoms with Crippen LogP contribution in [0.1, 0.15) is 25.7 Å². The number of aliphatic carboxylic acids is 1. The Hall–Kier alpha value is -2.12. The molecule has 0 aromatic carbocycles. The highest BCUT2D eigenvalue weighted by atomic mass is 16.4. The van der Waals surface area contributed by atoms with Gasteiger partial charge in [0.15, 0.2) is 0 Å². The molecule has 0 spiro atoms. The average Bonchev–Trinajstić information content (AvgIpc) is 3.07. The maximum Gasteiger partial charge on any atom is 0.321 e. The van der Waals surface area contributed by atoms with E-state index in [2.05, 4.69) is 10.6 Å². The molecule has 4 amide bonds. The van der Waals surface area contributed by atoms with E-state index in [0.717, 1.165) is 12.8 Å². The average molecular weight is 257 g/mol. The Balaban J connectivity index is 2.10. The Morgan fingerprint density at radius 1 is 1.06 bits per heavy atom. The van der Waals surface area contributed by atoms with Crippen LogP contribution in [-0.4, -0.2) is 41.5 Å². The lowest BCUT2D eigenvalue weighted by molar-refractivity contribution is -0.138. The van der Waals surface area contributed by atoms with Crippen LogP contribution in [0, 0.1) is 0 Å². The zero-order valence-electron chi connectivity index (χ0n) is 9.69. The Bertz CT molecular complexity index is 365. The van der Waals surface area contributed by atoms with Crippen LogP contribution in [0.4, 0.5) is 4.79 Å². The molecule has 0 aromatic heterocycles. The van der Waals surface area contributed by atoms with Gasteiger partial charge in [0.1, 0.15) is 0 Å². The van der Waals surface area contributed by atoms with Gasteiger partial charge in [-0.3, -0.25) is 19.7 Å². The van der Waals surface area contributed by atoms with E-state index < -0.39 is 17.9 Å². The summed E-state index contributed by atoms with van der Waals surface area (Å²) in [6.45, 7) is -0.214. The molecule has 0 radical (unpaired) electrons. The molecule has 1 aliphatic rings. The van der Waals surface area contributed by atoms with Gasteiger partial charge in [0, 0.05) is 12.5 Å². The summed E-state index contributed by atoms with van der Waals surface area (Å²) >= 11 is 0. The van der Waals surface area contributed by atoms with Gasteiger partial charge in [0.05, 0.1) is 13.0 Å². The van der Waals surface area contributed by atoms with Crippen molar-refractivity contribution in [3.63, 3.8) is 0 Å². The second kappa shape index (κ2) is 6.58. The Morgan fingerprint density at radius 2 is 1.72 bits per heavy atom. The number of urea groups is 1. The molecule has 1 rings (SSSR count). The molecule has 1 fully saturated rings. The Kier molecular flexibility index (Phi) is 5.09. The van der Waals surface area contributed by atoms with Gasteiger partial charge in [-0.1, -0.05) is 0 Å². The predicted octanol–water partition coefficient (Wildman–Crippen LogP) is -1.04. The standard InChI is InChI=1S/C10H15N3O5/c14-7(3-4-9(16)17)13-10(18)11-5-8(15)12-6-1-2-6/h6H,1-5H2,(H,12,15)(H,16,17)(H2,11,13,14,18). The van der Waals surface area contributed by atoms with Gasteiger partial charge in [-0.25, -0.2) is 4.79 Å². The number of hydrogen-bond acceptors (Lipinski definition) is 4. The van der Waals surface area contributed by atoms with Crippen molar-refractivity contribution in [2.75, 3.05) is 6.54 Å².